The largest absolute Gasteiger partial charge is 0.438 e. The molecule has 3 rings (SSSR count). The Balaban J connectivity index is 1.87. The van der Waals surface area contributed by atoms with Crippen LogP contribution >= 0.6 is 11.6 Å². The fourth-order valence-corrected chi connectivity index (χ4v) is 3.61. The number of amides is 1. The third-order valence-electron chi connectivity index (χ3n) is 4.23. The molecule has 9 nitrogen and oxygen atoms in total. The second-order valence-corrected chi connectivity index (χ2v) is 8.71. The Kier molecular flexibility index (Phi) is 7.41. The topological polar surface area (TPSA) is 128 Å². The quantitative estimate of drug-likeness (QED) is 0.331. The molecule has 0 bridgehead atoms. The molecule has 1 N–H and O–H groups in total. The highest BCUT2D eigenvalue weighted by atomic mass is 35.5. The number of aromatic nitrogens is 1. The van der Waals surface area contributed by atoms with Crippen LogP contribution in [0.25, 0.3) is 6.08 Å². The number of carbonyl (C=O) groups is 1. The molecule has 0 aliphatic rings. The number of pyridine rings is 1. The van der Waals surface area contributed by atoms with Crippen LogP contribution < -0.4 is 9.46 Å². The summed E-state index contributed by atoms with van der Waals surface area (Å²) in [4.78, 5) is 26.5. The van der Waals surface area contributed by atoms with Gasteiger partial charge in [-0.15, -0.1) is 0 Å². The van der Waals surface area contributed by atoms with Crippen molar-refractivity contribution in [3.8, 4) is 11.6 Å². The van der Waals surface area contributed by atoms with Crippen LogP contribution in [0.15, 0.2) is 66.2 Å². The standard InChI is InChI=1S/C21H13ClF3N3O6S/c22-17-10-14(21(23,24)25)12-26-20(17)34-15-6-7-18(28(30)31)16(11-15)19(29)27-35(32,33)9-8-13-4-2-1-3-5-13/h1-12H,(H,27,29). The Hall–Kier alpha value is -3.97. The van der Waals surface area contributed by atoms with Crippen LogP contribution in [0.5, 0.6) is 11.6 Å². The van der Waals surface area contributed by atoms with Gasteiger partial charge in [0, 0.05) is 18.3 Å². The number of carbonyl (C=O) groups excluding carboxylic acids is 1. The molecule has 2 aromatic carbocycles. The number of nitrogens with one attached hydrogen (secondary N) is 1. The molecule has 14 heteroatoms. The molecular formula is C21H13ClF3N3O6S. The van der Waals surface area contributed by atoms with E-state index in [1.807, 2.05) is 0 Å². The maximum atomic E-state index is 12.8. The normalized spacial score (nSPS) is 11.9. The zero-order valence-electron chi connectivity index (χ0n) is 17.2. The van der Waals surface area contributed by atoms with E-state index in [9.17, 15) is 36.5 Å². The summed E-state index contributed by atoms with van der Waals surface area (Å²) in [6.45, 7) is 0. The van der Waals surface area contributed by atoms with Crippen LogP contribution in [0.2, 0.25) is 5.02 Å². The first kappa shape index (κ1) is 25.6. The second-order valence-electron chi connectivity index (χ2n) is 6.74. The monoisotopic (exact) mass is 527 g/mol. The van der Waals surface area contributed by atoms with Crippen molar-refractivity contribution in [2.45, 2.75) is 6.18 Å². The second kappa shape index (κ2) is 10.1. The summed E-state index contributed by atoms with van der Waals surface area (Å²) in [6, 6.07) is 11.6. The van der Waals surface area contributed by atoms with Gasteiger partial charge in [0.15, 0.2) is 0 Å². The van der Waals surface area contributed by atoms with Gasteiger partial charge >= 0.3 is 6.18 Å². The zero-order chi connectivity index (χ0) is 25.8. The smallest absolute Gasteiger partial charge is 0.417 e. The molecule has 35 heavy (non-hydrogen) atoms. The average molecular weight is 528 g/mol. The van der Waals surface area contributed by atoms with E-state index in [-0.39, 0.29) is 5.75 Å². The van der Waals surface area contributed by atoms with Crippen molar-refractivity contribution < 1.29 is 36.0 Å². The maximum Gasteiger partial charge on any atom is 0.417 e. The van der Waals surface area contributed by atoms with Gasteiger partial charge in [-0.2, -0.15) is 13.2 Å². The summed E-state index contributed by atoms with van der Waals surface area (Å²) in [6.07, 6.45) is -3.03. The minimum Gasteiger partial charge on any atom is -0.438 e. The molecular weight excluding hydrogens is 515 g/mol. The number of sulfonamides is 1. The predicted octanol–water partition coefficient (Wildman–Crippen LogP) is 5.18. The summed E-state index contributed by atoms with van der Waals surface area (Å²) in [5.41, 5.74) is -2.05. The van der Waals surface area contributed by atoms with Crippen LogP contribution in [0.3, 0.4) is 0 Å². The molecule has 1 amide bonds. The van der Waals surface area contributed by atoms with Gasteiger partial charge in [-0.05, 0) is 23.8 Å². The summed E-state index contributed by atoms with van der Waals surface area (Å²) in [5.74, 6) is -2.09. The Morgan fingerprint density at radius 2 is 1.83 bits per heavy atom. The van der Waals surface area contributed by atoms with E-state index < -0.39 is 54.7 Å². The van der Waals surface area contributed by atoms with Gasteiger partial charge in [0.25, 0.3) is 21.6 Å². The van der Waals surface area contributed by atoms with Crippen LogP contribution in [-0.2, 0) is 16.2 Å². The molecule has 1 aromatic heterocycles. The van der Waals surface area contributed by atoms with Crippen molar-refractivity contribution in [2.75, 3.05) is 0 Å². The van der Waals surface area contributed by atoms with E-state index in [1.54, 1.807) is 35.1 Å². The molecule has 3 aromatic rings. The fraction of sp³-hybridized carbons (Fsp3) is 0.0476. The summed E-state index contributed by atoms with van der Waals surface area (Å²) >= 11 is 5.78. The molecule has 1 heterocycles. The third kappa shape index (κ3) is 6.77. The first-order valence-electron chi connectivity index (χ1n) is 9.35. The molecule has 0 saturated heterocycles. The lowest BCUT2D eigenvalue weighted by atomic mass is 10.1. The van der Waals surface area contributed by atoms with E-state index in [0.717, 1.165) is 18.2 Å². The van der Waals surface area contributed by atoms with E-state index >= 15 is 0 Å². The number of nitro benzene ring substituents is 1. The third-order valence-corrected chi connectivity index (χ3v) is 5.47. The molecule has 0 atom stereocenters. The average Bonchev–Trinajstić information content (AvgIpc) is 2.78. The van der Waals surface area contributed by atoms with Crippen LogP contribution in [0, 0.1) is 10.1 Å². The molecule has 0 saturated carbocycles. The number of rotatable bonds is 7. The number of hydrogen-bond donors (Lipinski definition) is 1. The number of alkyl halides is 3. The van der Waals surface area contributed by atoms with E-state index in [1.165, 1.54) is 6.08 Å². The van der Waals surface area contributed by atoms with Gasteiger partial charge < -0.3 is 4.74 Å². The van der Waals surface area contributed by atoms with Crippen molar-refractivity contribution in [3.05, 3.63) is 98.0 Å². The van der Waals surface area contributed by atoms with Gasteiger partial charge in [0.2, 0.25) is 5.88 Å². The molecule has 0 fully saturated rings. The lowest BCUT2D eigenvalue weighted by Gasteiger charge is -2.11. The van der Waals surface area contributed by atoms with Gasteiger partial charge in [0.1, 0.15) is 16.3 Å². The highest BCUT2D eigenvalue weighted by molar-refractivity contribution is 7.93. The van der Waals surface area contributed by atoms with E-state index in [2.05, 4.69) is 4.98 Å². The van der Waals surface area contributed by atoms with E-state index in [4.69, 9.17) is 16.3 Å². The maximum absolute atomic E-state index is 12.8. The summed E-state index contributed by atoms with van der Waals surface area (Å²) < 4.78 is 69.8. The summed E-state index contributed by atoms with van der Waals surface area (Å²) in [5, 5.41) is 11.5. The van der Waals surface area contributed by atoms with Gasteiger partial charge in [-0.3, -0.25) is 14.9 Å². The first-order valence-corrected chi connectivity index (χ1v) is 11.3. The van der Waals surface area contributed by atoms with Crippen molar-refractivity contribution in [2.24, 2.45) is 0 Å². The van der Waals surface area contributed by atoms with Crippen LogP contribution in [-0.4, -0.2) is 24.2 Å². The number of ether oxygens (including phenoxy) is 1. The minimum absolute atomic E-state index is 0.271. The van der Waals surface area contributed by atoms with Gasteiger partial charge in [0.05, 0.1) is 15.9 Å². The predicted molar refractivity (Wildman–Crippen MR) is 119 cm³/mol. The SMILES string of the molecule is O=C(NS(=O)(=O)C=Cc1ccccc1)c1cc(Oc2ncc(C(F)(F)F)cc2Cl)ccc1[N+](=O)[O-]. The van der Waals surface area contributed by atoms with Crippen LogP contribution in [0.1, 0.15) is 21.5 Å². The van der Waals surface area contributed by atoms with Gasteiger partial charge in [-0.25, -0.2) is 18.1 Å². The lowest BCUT2D eigenvalue weighted by Crippen LogP contribution is -2.29. The van der Waals surface area contributed by atoms with Gasteiger partial charge in [-0.1, -0.05) is 41.9 Å². The highest BCUT2D eigenvalue weighted by Gasteiger charge is 2.32. The molecule has 0 unspecified atom stereocenters. The lowest BCUT2D eigenvalue weighted by molar-refractivity contribution is -0.385. The Bertz CT molecular complexity index is 1410. The van der Waals surface area contributed by atoms with Crippen molar-refractivity contribution in [1.29, 1.82) is 0 Å². The molecule has 182 valence electrons. The minimum atomic E-state index is -4.70. The number of halogens is 4. The fourth-order valence-electron chi connectivity index (χ4n) is 2.64. The summed E-state index contributed by atoms with van der Waals surface area (Å²) in [7, 11) is -4.35. The van der Waals surface area contributed by atoms with Crippen molar-refractivity contribution >= 4 is 39.3 Å². The zero-order valence-corrected chi connectivity index (χ0v) is 18.8. The first-order chi connectivity index (χ1) is 16.4. The Morgan fingerprint density at radius 1 is 1.14 bits per heavy atom. The number of benzene rings is 2. The Morgan fingerprint density at radius 3 is 2.43 bits per heavy atom. The molecule has 0 aliphatic carbocycles. The molecule has 0 radical (unpaired) electrons. The van der Waals surface area contributed by atoms with Crippen LogP contribution in [0.4, 0.5) is 18.9 Å². The van der Waals surface area contributed by atoms with E-state index in [0.29, 0.717) is 23.2 Å². The number of nitro groups is 1. The Labute approximate surface area is 201 Å². The molecule has 0 spiro atoms. The highest BCUT2D eigenvalue weighted by Crippen LogP contribution is 2.35. The van der Waals surface area contributed by atoms with Crippen molar-refractivity contribution in [3.63, 3.8) is 0 Å². The molecule has 0 aliphatic heterocycles. The van der Waals surface area contributed by atoms with Crippen molar-refractivity contribution in [1.82, 2.24) is 9.71 Å². The number of nitrogens with zero attached hydrogens (tertiary/aromatic N) is 2. The number of hydrogen-bond acceptors (Lipinski definition) is 7.